The Morgan fingerprint density at radius 2 is 2.22 bits per heavy atom. The fourth-order valence-corrected chi connectivity index (χ4v) is 3.47. The summed E-state index contributed by atoms with van der Waals surface area (Å²) in [7, 11) is -2.20. The molecule has 18 heavy (non-hydrogen) atoms. The standard InChI is InChI=1S/C11H14ClNO4S/c1-8(11(14)17-2)6-18(15,16)7-9-3-4-13-5-10(9)12/h3-5,8H,6-7H2,1-2H3. The predicted molar refractivity (Wildman–Crippen MR) is 67.9 cm³/mol. The van der Waals surface area contributed by atoms with Gasteiger partial charge < -0.3 is 4.74 Å². The number of carbonyl (C=O) groups is 1. The molecule has 0 fully saturated rings. The first-order chi connectivity index (χ1) is 8.35. The van der Waals surface area contributed by atoms with E-state index in [1.807, 2.05) is 0 Å². The van der Waals surface area contributed by atoms with E-state index in [0.717, 1.165) is 0 Å². The molecule has 0 amide bonds. The van der Waals surface area contributed by atoms with Gasteiger partial charge in [0.2, 0.25) is 0 Å². The zero-order valence-electron chi connectivity index (χ0n) is 10.1. The van der Waals surface area contributed by atoms with Gasteiger partial charge in [-0.1, -0.05) is 18.5 Å². The highest BCUT2D eigenvalue weighted by Gasteiger charge is 2.23. The van der Waals surface area contributed by atoms with E-state index < -0.39 is 21.7 Å². The van der Waals surface area contributed by atoms with Crippen LogP contribution in [0.25, 0.3) is 0 Å². The number of nitrogens with zero attached hydrogens (tertiary/aromatic N) is 1. The number of hydrogen-bond acceptors (Lipinski definition) is 5. The zero-order valence-corrected chi connectivity index (χ0v) is 11.7. The smallest absolute Gasteiger partial charge is 0.309 e. The van der Waals surface area contributed by atoms with Crippen molar-refractivity contribution >= 4 is 27.4 Å². The van der Waals surface area contributed by atoms with E-state index in [1.165, 1.54) is 26.4 Å². The largest absolute Gasteiger partial charge is 0.469 e. The lowest BCUT2D eigenvalue weighted by Crippen LogP contribution is -2.23. The van der Waals surface area contributed by atoms with Crippen molar-refractivity contribution in [2.45, 2.75) is 12.7 Å². The number of ether oxygens (including phenoxy) is 1. The van der Waals surface area contributed by atoms with Crippen LogP contribution in [0.2, 0.25) is 5.02 Å². The Morgan fingerprint density at radius 1 is 1.56 bits per heavy atom. The van der Waals surface area contributed by atoms with Gasteiger partial charge in [-0.05, 0) is 11.6 Å². The summed E-state index contributed by atoms with van der Waals surface area (Å²) in [6.07, 6.45) is 2.86. The molecule has 1 heterocycles. The lowest BCUT2D eigenvalue weighted by molar-refractivity contribution is -0.144. The molecule has 0 spiro atoms. The van der Waals surface area contributed by atoms with Crippen molar-refractivity contribution in [3.63, 3.8) is 0 Å². The van der Waals surface area contributed by atoms with Crippen molar-refractivity contribution in [1.29, 1.82) is 0 Å². The van der Waals surface area contributed by atoms with E-state index in [0.29, 0.717) is 10.6 Å². The predicted octanol–water partition coefficient (Wildman–Crippen LogP) is 1.46. The van der Waals surface area contributed by atoms with E-state index in [1.54, 1.807) is 6.07 Å². The third-order valence-electron chi connectivity index (χ3n) is 2.34. The zero-order chi connectivity index (χ0) is 13.8. The summed E-state index contributed by atoms with van der Waals surface area (Å²) < 4.78 is 28.3. The minimum absolute atomic E-state index is 0.213. The van der Waals surface area contributed by atoms with Gasteiger partial charge in [0.25, 0.3) is 0 Å². The van der Waals surface area contributed by atoms with Crippen molar-refractivity contribution < 1.29 is 17.9 Å². The molecule has 1 aromatic rings. The van der Waals surface area contributed by atoms with Crippen LogP contribution in [-0.2, 0) is 25.1 Å². The van der Waals surface area contributed by atoms with Gasteiger partial charge in [-0.15, -0.1) is 0 Å². The molecule has 1 rings (SSSR count). The number of pyridine rings is 1. The molecule has 0 aromatic carbocycles. The van der Waals surface area contributed by atoms with E-state index in [2.05, 4.69) is 9.72 Å². The third-order valence-corrected chi connectivity index (χ3v) is 4.44. The van der Waals surface area contributed by atoms with E-state index >= 15 is 0 Å². The van der Waals surface area contributed by atoms with Crippen LogP contribution < -0.4 is 0 Å². The van der Waals surface area contributed by atoms with Crippen molar-refractivity contribution in [2.75, 3.05) is 12.9 Å². The minimum Gasteiger partial charge on any atom is -0.469 e. The van der Waals surface area contributed by atoms with Gasteiger partial charge in [0.05, 0.1) is 29.6 Å². The summed E-state index contributed by atoms with van der Waals surface area (Å²) in [6.45, 7) is 1.51. The number of sulfone groups is 1. The first kappa shape index (κ1) is 14.9. The quantitative estimate of drug-likeness (QED) is 0.768. The van der Waals surface area contributed by atoms with Gasteiger partial charge in [0.1, 0.15) is 0 Å². The van der Waals surface area contributed by atoms with Crippen LogP contribution in [0.15, 0.2) is 18.5 Å². The average molecular weight is 292 g/mol. The van der Waals surface area contributed by atoms with E-state index in [-0.39, 0.29) is 11.5 Å². The van der Waals surface area contributed by atoms with Crippen molar-refractivity contribution in [2.24, 2.45) is 5.92 Å². The average Bonchev–Trinajstić information content (AvgIpc) is 2.30. The summed E-state index contributed by atoms with van der Waals surface area (Å²) >= 11 is 5.84. The van der Waals surface area contributed by atoms with Gasteiger partial charge in [-0.2, -0.15) is 0 Å². The summed E-state index contributed by atoms with van der Waals surface area (Å²) in [5, 5.41) is 0.298. The molecule has 7 heteroatoms. The maximum atomic E-state index is 11.9. The van der Waals surface area contributed by atoms with Crippen LogP contribution in [-0.4, -0.2) is 32.2 Å². The Morgan fingerprint density at radius 3 is 2.78 bits per heavy atom. The number of rotatable bonds is 5. The van der Waals surface area contributed by atoms with Gasteiger partial charge >= 0.3 is 5.97 Å². The molecule has 1 aromatic heterocycles. The second-order valence-electron chi connectivity index (χ2n) is 3.95. The maximum absolute atomic E-state index is 11.9. The molecule has 0 bridgehead atoms. The van der Waals surface area contributed by atoms with Gasteiger partial charge in [0.15, 0.2) is 9.84 Å². The SMILES string of the molecule is COC(=O)C(C)CS(=O)(=O)Cc1ccncc1Cl. The Kier molecular flexibility index (Phi) is 5.10. The molecule has 0 aliphatic rings. The molecule has 0 saturated heterocycles. The molecule has 0 N–H and O–H groups in total. The number of methoxy groups -OCH3 is 1. The molecular weight excluding hydrogens is 278 g/mol. The fraction of sp³-hybridized carbons (Fsp3) is 0.455. The van der Waals surface area contributed by atoms with Crippen molar-refractivity contribution in [3.05, 3.63) is 29.0 Å². The van der Waals surface area contributed by atoms with Gasteiger partial charge in [-0.3, -0.25) is 9.78 Å². The second-order valence-corrected chi connectivity index (χ2v) is 6.46. The normalized spacial score (nSPS) is 13.1. The molecule has 5 nitrogen and oxygen atoms in total. The molecular formula is C11H14ClNO4S. The van der Waals surface area contributed by atoms with E-state index in [9.17, 15) is 13.2 Å². The maximum Gasteiger partial charge on any atom is 0.309 e. The number of esters is 1. The Bertz CT molecular complexity index is 530. The van der Waals surface area contributed by atoms with Crippen LogP contribution in [0.1, 0.15) is 12.5 Å². The number of aromatic nitrogens is 1. The Labute approximate surface area is 111 Å². The lowest BCUT2D eigenvalue weighted by Gasteiger charge is -2.10. The van der Waals surface area contributed by atoms with Crippen molar-refractivity contribution in [3.8, 4) is 0 Å². The summed E-state index contributed by atoms with van der Waals surface area (Å²) in [5.41, 5.74) is 0.476. The summed E-state index contributed by atoms with van der Waals surface area (Å²) in [6, 6.07) is 1.54. The third kappa shape index (κ3) is 4.27. The van der Waals surface area contributed by atoms with Crippen molar-refractivity contribution in [1.82, 2.24) is 4.98 Å². The first-order valence-corrected chi connectivity index (χ1v) is 7.42. The van der Waals surface area contributed by atoms with Crippen LogP contribution >= 0.6 is 11.6 Å². The van der Waals surface area contributed by atoms with Crippen LogP contribution in [0.3, 0.4) is 0 Å². The van der Waals surface area contributed by atoms with Gasteiger partial charge in [0, 0.05) is 12.4 Å². The molecule has 0 aliphatic carbocycles. The van der Waals surface area contributed by atoms with Crippen LogP contribution in [0.5, 0.6) is 0 Å². The molecule has 0 aliphatic heterocycles. The fourth-order valence-electron chi connectivity index (χ4n) is 1.47. The Balaban J connectivity index is 2.77. The lowest BCUT2D eigenvalue weighted by atomic mass is 10.2. The number of halogens is 1. The summed E-state index contributed by atoms with van der Waals surface area (Å²) in [4.78, 5) is 15.0. The number of carbonyl (C=O) groups excluding carboxylic acids is 1. The summed E-state index contributed by atoms with van der Waals surface area (Å²) in [5.74, 6) is -1.71. The molecule has 100 valence electrons. The highest BCUT2D eigenvalue weighted by Crippen LogP contribution is 2.18. The second kappa shape index (κ2) is 6.15. The van der Waals surface area contributed by atoms with E-state index in [4.69, 9.17) is 11.6 Å². The molecule has 0 radical (unpaired) electrons. The monoisotopic (exact) mass is 291 g/mol. The topological polar surface area (TPSA) is 73.3 Å². The highest BCUT2D eigenvalue weighted by molar-refractivity contribution is 7.90. The molecule has 1 unspecified atom stereocenters. The first-order valence-electron chi connectivity index (χ1n) is 5.22. The molecule has 1 atom stereocenters. The molecule has 0 saturated carbocycles. The van der Waals surface area contributed by atoms with Crippen LogP contribution in [0, 0.1) is 5.92 Å². The minimum atomic E-state index is -3.42. The number of hydrogen-bond donors (Lipinski definition) is 0. The van der Waals surface area contributed by atoms with Gasteiger partial charge in [-0.25, -0.2) is 8.42 Å². The highest BCUT2D eigenvalue weighted by atomic mass is 35.5. The van der Waals surface area contributed by atoms with Crippen LogP contribution in [0.4, 0.5) is 0 Å². The Hall–Kier alpha value is -1.14.